The summed E-state index contributed by atoms with van der Waals surface area (Å²) in [6.45, 7) is 0.579. The van der Waals surface area contributed by atoms with Gasteiger partial charge in [-0.25, -0.2) is 14.8 Å². The second-order valence-electron chi connectivity index (χ2n) is 11.4. The maximum atomic E-state index is 13.8. The number of amides is 1. The zero-order chi connectivity index (χ0) is 37.7. The molecule has 2 atom stereocenters. The Bertz CT molecular complexity index is 1680. The molecular formula is C32H31F9N4O6. The Morgan fingerprint density at radius 2 is 1.59 bits per heavy atom. The van der Waals surface area contributed by atoms with Gasteiger partial charge in [0.15, 0.2) is 5.75 Å². The third-order valence-electron chi connectivity index (χ3n) is 7.79. The number of halogens is 9. The summed E-state index contributed by atoms with van der Waals surface area (Å²) in [6, 6.07) is 1.97. The Morgan fingerprint density at radius 1 is 0.941 bits per heavy atom. The second kappa shape index (κ2) is 15.6. The number of anilines is 2. The lowest BCUT2D eigenvalue weighted by Crippen LogP contribution is -2.46. The summed E-state index contributed by atoms with van der Waals surface area (Å²) in [5.41, 5.74) is -4.83. The van der Waals surface area contributed by atoms with E-state index in [1.807, 2.05) is 0 Å². The highest BCUT2D eigenvalue weighted by Crippen LogP contribution is 2.43. The number of benzene rings is 2. The summed E-state index contributed by atoms with van der Waals surface area (Å²) in [5, 5.41) is 21.0. The number of carboxylic acid groups (broad SMARTS) is 1. The molecule has 1 aromatic heterocycles. The highest BCUT2D eigenvalue weighted by atomic mass is 19.4. The Balaban J connectivity index is 1.74. The quantitative estimate of drug-likeness (QED) is 0.127. The first-order valence-corrected chi connectivity index (χ1v) is 15.3. The van der Waals surface area contributed by atoms with Gasteiger partial charge in [0, 0.05) is 18.9 Å². The van der Waals surface area contributed by atoms with Crippen LogP contribution in [0.5, 0.6) is 5.75 Å². The Hall–Kier alpha value is -4.81. The van der Waals surface area contributed by atoms with Crippen LogP contribution in [0.25, 0.3) is 0 Å². The monoisotopic (exact) mass is 738 g/mol. The molecule has 51 heavy (non-hydrogen) atoms. The van der Waals surface area contributed by atoms with Crippen LogP contribution in [0.1, 0.15) is 72.2 Å². The van der Waals surface area contributed by atoms with E-state index < -0.39 is 78.0 Å². The van der Waals surface area contributed by atoms with E-state index in [1.54, 1.807) is 6.92 Å². The van der Waals surface area contributed by atoms with Crippen LogP contribution >= 0.6 is 0 Å². The van der Waals surface area contributed by atoms with E-state index in [0.717, 1.165) is 24.4 Å². The third-order valence-corrected chi connectivity index (χ3v) is 7.79. The SMILES string of the molecule is CC[C@@H]1C[C@H](Nc2ncc(OCCO)c(Cc3cc(C(F)(F)F)cc(C(F)(F)F)c3)n2)c2cc(C(F)(F)F)ccc2N1C(=O)OCCCC(=O)O. The predicted molar refractivity (Wildman–Crippen MR) is 161 cm³/mol. The average molecular weight is 739 g/mol. The summed E-state index contributed by atoms with van der Waals surface area (Å²) >= 11 is 0. The number of ether oxygens (including phenoxy) is 2. The van der Waals surface area contributed by atoms with Crippen molar-refractivity contribution in [1.82, 2.24) is 9.97 Å². The number of aliphatic carboxylic acids is 1. The van der Waals surface area contributed by atoms with Gasteiger partial charge in [-0.2, -0.15) is 39.5 Å². The fourth-order valence-electron chi connectivity index (χ4n) is 5.47. The van der Waals surface area contributed by atoms with E-state index in [0.29, 0.717) is 12.1 Å². The highest BCUT2D eigenvalue weighted by molar-refractivity contribution is 5.90. The number of nitrogens with one attached hydrogen (secondary N) is 1. The van der Waals surface area contributed by atoms with Crippen molar-refractivity contribution >= 4 is 23.7 Å². The summed E-state index contributed by atoms with van der Waals surface area (Å²) in [7, 11) is 0. The number of aromatic nitrogens is 2. The zero-order valence-electron chi connectivity index (χ0n) is 26.6. The number of nitrogens with zero attached hydrogens (tertiary/aromatic N) is 3. The minimum atomic E-state index is -5.12. The molecule has 19 heteroatoms. The number of alkyl halides is 9. The van der Waals surface area contributed by atoms with Crippen molar-refractivity contribution in [3.63, 3.8) is 0 Å². The van der Waals surface area contributed by atoms with Crippen LogP contribution in [0.4, 0.5) is 55.9 Å². The molecule has 278 valence electrons. The van der Waals surface area contributed by atoms with Crippen molar-refractivity contribution in [2.45, 2.75) is 69.6 Å². The molecule has 1 aliphatic heterocycles. The molecule has 0 unspecified atom stereocenters. The molecule has 4 rings (SSSR count). The van der Waals surface area contributed by atoms with E-state index in [-0.39, 0.29) is 73.6 Å². The first kappa shape index (κ1) is 39.0. The number of hydrogen-bond acceptors (Lipinski definition) is 8. The Kier molecular flexibility index (Phi) is 11.9. The molecule has 2 aromatic carbocycles. The van der Waals surface area contributed by atoms with Crippen molar-refractivity contribution in [3.05, 3.63) is 76.1 Å². The van der Waals surface area contributed by atoms with Crippen molar-refractivity contribution in [1.29, 1.82) is 0 Å². The molecular weight excluding hydrogens is 707 g/mol. The van der Waals surface area contributed by atoms with Gasteiger partial charge in [0.25, 0.3) is 0 Å². The lowest BCUT2D eigenvalue weighted by molar-refractivity contribution is -0.143. The van der Waals surface area contributed by atoms with Gasteiger partial charge in [-0.1, -0.05) is 6.92 Å². The van der Waals surface area contributed by atoms with Gasteiger partial charge < -0.3 is 25.0 Å². The van der Waals surface area contributed by atoms with Gasteiger partial charge in [-0.3, -0.25) is 9.69 Å². The first-order chi connectivity index (χ1) is 23.8. The second-order valence-corrected chi connectivity index (χ2v) is 11.4. The van der Waals surface area contributed by atoms with E-state index in [2.05, 4.69) is 15.3 Å². The number of carbonyl (C=O) groups is 2. The van der Waals surface area contributed by atoms with Crippen LogP contribution in [-0.2, 0) is 34.5 Å². The van der Waals surface area contributed by atoms with Crippen LogP contribution in [0.3, 0.4) is 0 Å². The van der Waals surface area contributed by atoms with Crippen LogP contribution in [-0.4, -0.2) is 58.1 Å². The number of rotatable bonds is 12. The van der Waals surface area contributed by atoms with Gasteiger partial charge in [0.1, 0.15) is 6.61 Å². The van der Waals surface area contributed by atoms with Crippen molar-refractivity contribution < 1.29 is 68.8 Å². The summed E-state index contributed by atoms with van der Waals surface area (Å²) in [4.78, 5) is 33.5. The molecule has 0 saturated carbocycles. The molecule has 3 aromatic rings. The Labute approximate surface area is 284 Å². The molecule has 1 amide bonds. The normalized spacial score (nSPS) is 16.4. The third kappa shape index (κ3) is 9.92. The summed E-state index contributed by atoms with van der Waals surface area (Å²) in [5.74, 6) is -1.59. The molecule has 2 heterocycles. The summed E-state index contributed by atoms with van der Waals surface area (Å²) < 4.78 is 133. The maximum Gasteiger partial charge on any atom is 0.416 e. The van der Waals surface area contributed by atoms with Crippen LogP contribution < -0.4 is 15.0 Å². The van der Waals surface area contributed by atoms with Crippen LogP contribution in [0, 0.1) is 0 Å². The molecule has 0 aliphatic carbocycles. The van der Waals surface area contributed by atoms with Gasteiger partial charge in [-0.15, -0.1) is 0 Å². The first-order valence-electron chi connectivity index (χ1n) is 15.3. The number of carbonyl (C=O) groups excluding carboxylic acids is 1. The van der Waals surface area contributed by atoms with Gasteiger partial charge in [-0.05, 0) is 66.8 Å². The van der Waals surface area contributed by atoms with Crippen molar-refractivity contribution in [2.24, 2.45) is 0 Å². The fraction of sp³-hybridized carbons (Fsp3) is 0.438. The minimum absolute atomic E-state index is 0.00847. The predicted octanol–water partition coefficient (Wildman–Crippen LogP) is 7.64. The summed E-state index contributed by atoms with van der Waals surface area (Å²) in [6.07, 6.45) is -15.6. The van der Waals surface area contributed by atoms with Crippen molar-refractivity contribution in [3.8, 4) is 5.75 Å². The number of fused-ring (bicyclic) bond motifs is 1. The molecule has 10 nitrogen and oxygen atoms in total. The smallest absolute Gasteiger partial charge is 0.416 e. The van der Waals surface area contributed by atoms with E-state index >= 15 is 0 Å². The Morgan fingerprint density at radius 3 is 2.16 bits per heavy atom. The minimum Gasteiger partial charge on any atom is -0.488 e. The lowest BCUT2D eigenvalue weighted by atomic mass is 9.89. The standard InChI is InChI=1S/C32H31F9N4O6/c1-2-21-15-23(22-14-18(30(33,34)35)5-6-25(22)45(21)29(49)51-8-3-4-27(47)48)43-28-42-16-26(50-9-7-46)24(44-28)12-17-10-19(31(36,37)38)13-20(11-17)32(39,40)41/h5-6,10-11,13-14,16,21,23,46H,2-4,7-9,12,15H2,1H3,(H,47,48)(H,42,43,44)/t21-,23+/m1/s1. The molecule has 0 bridgehead atoms. The molecule has 3 N–H and O–H groups in total. The molecule has 0 fully saturated rings. The van der Waals surface area contributed by atoms with Gasteiger partial charge in [0.2, 0.25) is 5.95 Å². The van der Waals surface area contributed by atoms with Crippen LogP contribution in [0.15, 0.2) is 42.6 Å². The van der Waals surface area contributed by atoms with Crippen molar-refractivity contribution in [2.75, 3.05) is 30.0 Å². The number of aliphatic hydroxyl groups excluding tert-OH is 1. The van der Waals surface area contributed by atoms with Gasteiger partial charge >= 0.3 is 30.6 Å². The largest absolute Gasteiger partial charge is 0.488 e. The maximum absolute atomic E-state index is 13.8. The fourth-order valence-corrected chi connectivity index (χ4v) is 5.47. The zero-order valence-corrected chi connectivity index (χ0v) is 26.6. The average Bonchev–Trinajstić information content (AvgIpc) is 3.04. The van der Waals surface area contributed by atoms with Gasteiger partial charge in [0.05, 0.1) is 53.5 Å². The van der Waals surface area contributed by atoms with Crippen LogP contribution in [0.2, 0.25) is 0 Å². The van der Waals surface area contributed by atoms with E-state index in [9.17, 15) is 54.2 Å². The lowest BCUT2D eigenvalue weighted by Gasteiger charge is -2.40. The molecule has 0 saturated heterocycles. The highest BCUT2D eigenvalue weighted by Gasteiger charge is 2.40. The number of hydrogen-bond donors (Lipinski definition) is 3. The number of carboxylic acids is 1. The molecule has 0 radical (unpaired) electrons. The number of aliphatic hydroxyl groups is 1. The topological polar surface area (TPSA) is 134 Å². The van der Waals surface area contributed by atoms with E-state index in [1.165, 1.54) is 4.90 Å². The molecule has 0 spiro atoms. The van der Waals surface area contributed by atoms with E-state index in [4.69, 9.17) is 14.6 Å². The molecule has 1 aliphatic rings.